The fourth-order valence-electron chi connectivity index (χ4n) is 1.37. The number of rotatable bonds is 4. The molecule has 98 valence electrons. The fourth-order valence-corrected chi connectivity index (χ4v) is 1.37. The molecule has 0 radical (unpaired) electrons. The van der Waals surface area contributed by atoms with E-state index in [1.54, 1.807) is 19.9 Å². The zero-order valence-electron chi connectivity index (χ0n) is 11.3. The minimum absolute atomic E-state index is 0.188. The van der Waals surface area contributed by atoms with Crippen LogP contribution < -0.4 is 11.1 Å². The zero-order valence-corrected chi connectivity index (χ0v) is 11.3. The van der Waals surface area contributed by atoms with E-state index in [0.29, 0.717) is 5.56 Å². The van der Waals surface area contributed by atoms with E-state index >= 15 is 0 Å². The number of hydrogen-bond acceptors (Lipinski definition) is 2. The lowest BCUT2D eigenvalue weighted by Gasteiger charge is -2.20. The van der Waals surface area contributed by atoms with Crippen LogP contribution >= 0.6 is 0 Å². The van der Waals surface area contributed by atoms with Crippen molar-refractivity contribution in [3.63, 3.8) is 0 Å². The summed E-state index contributed by atoms with van der Waals surface area (Å²) in [5.41, 5.74) is 7.31. The van der Waals surface area contributed by atoms with Crippen molar-refractivity contribution >= 4 is 11.8 Å². The van der Waals surface area contributed by atoms with Crippen molar-refractivity contribution in [2.45, 2.75) is 27.7 Å². The summed E-state index contributed by atoms with van der Waals surface area (Å²) in [7, 11) is 0. The maximum absolute atomic E-state index is 11.9. The van der Waals surface area contributed by atoms with Crippen molar-refractivity contribution in [2.75, 3.05) is 6.54 Å². The second kappa shape index (κ2) is 5.21. The van der Waals surface area contributed by atoms with Crippen LogP contribution in [-0.2, 0) is 4.79 Å². The van der Waals surface area contributed by atoms with E-state index < -0.39 is 11.3 Å². The molecule has 0 spiro atoms. The van der Waals surface area contributed by atoms with Crippen molar-refractivity contribution in [1.82, 2.24) is 5.32 Å². The van der Waals surface area contributed by atoms with Crippen LogP contribution in [0.1, 0.15) is 35.3 Å². The third kappa shape index (κ3) is 3.32. The van der Waals surface area contributed by atoms with Crippen molar-refractivity contribution in [1.29, 1.82) is 0 Å². The predicted octanol–water partition coefficient (Wildman–Crippen LogP) is 1.54. The number of hydrogen-bond donors (Lipinski definition) is 2. The van der Waals surface area contributed by atoms with E-state index in [0.717, 1.165) is 11.1 Å². The highest BCUT2D eigenvalue weighted by Crippen LogP contribution is 2.13. The molecule has 3 N–H and O–H groups in total. The summed E-state index contributed by atoms with van der Waals surface area (Å²) >= 11 is 0. The van der Waals surface area contributed by atoms with E-state index in [1.165, 1.54) is 0 Å². The molecule has 2 amide bonds. The van der Waals surface area contributed by atoms with Crippen LogP contribution in [0.3, 0.4) is 0 Å². The van der Waals surface area contributed by atoms with Gasteiger partial charge in [-0.05, 0) is 51.0 Å². The largest absolute Gasteiger partial charge is 0.369 e. The second-order valence-electron chi connectivity index (χ2n) is 5.23. The number of nitrogens with one attached hydrogen (secondary N) is 1. The van der Waals surface area contributed by atoms with Gasteiger partial charge in [-0.2, -0.15) is 0 Å². The Kier molecular flexibility index (Phi) is 4.11. The van der Waals surface area contributed by atoms with Gasteiger partial charge < -0.3 is 11.1 Å². The number of carbonyl (C=O) groups is 2. The summed E-state index contributed by atoms with van der Waals surface area (Å²) in [4.78, 5) is 23.1. The van der Waals surface area contributed by atoms with Crippen LogP contribution in [0.4, 0.5) is 0 Å². The van der Waals surface area contributed by atoms with Gasteiger partial charge in [-0.3, -0.25) is 9.59 Å². The molecular weight excluding hydrogens is 228 g/mol. The molecule has 0 aliphatic carbocycles. The second-order valence-corrected chi connectivity index (χ2v) is 5.23. The fraction of sp³-hybridized carbons (Fsp3) is 0.429. The van der Waals surface area contributed by atoms with E-state index in [4.69, 9.17) is 5.73 Å². The Bertz CT molecular complexity index is 479. The maximum Gasteiger partial charge on any atom is 0.251 e. The van der Waals surface area contributed by atoms with Crippen LogP contribution in [-0.4, -0.2) is 18.4 Å². The molecule has 4 nitrogen and oxygen atoms in total. The first-order chi connectivity index (χ1) is 8.24. The Labute approximate surface area is 108 Å². The van der Waals surface area contributed by atoms with Crippen LogP contribution in [0.2, 0.25) is 0 Å². The van der Waals surface area contributed by atoms with Gasteiger partial charge in [0.2, 0.25) is 5.91 Å². The van der Waals surface area contributed by atoms with Crippen LogP contribution in [0.5, 0.6) is 0 Å². The van der Waals surface area contributed by atoms with Crippen LogP contribution in [0.15, 0.2) is 18.2 Å². The number of aryl methyl sites for hydroxylation is 2. The van der Waals surface area contributed by atoms with Gasteiger partial charge in [-0.15, -0.1) is 0 Å². The lowest BCUT2D eigenvalue weighted by Crippen LogP contribution is -2.42. The molecule has 0 aliphatic rings. The maximum atomic E-state index is 11.9. The number of primary amides is 1. The third-order valence-corrected chi connectivity index (χ3v) is 3.13. The molecule has 18 heavy (non-hydrogen) atoms. The molecule has 0 aromatic heterocycles. The normalized spacial score (nSPS) is 11.1. The smallest absolute Gasteiger partial charge is 0.251 e. The lowest BCUT2D eigenvalue weighted by atomic mass is 9.92. The molecule has 0 atom stereocenters. The van der Waals surface area contributed by atoms with Gasteiger partial charge in [-0.1, -0.05) is 6.07 Å². The molecule has 4 heteroatoms. The predicted molar refractivity (Wildman–Crippen MR) is 71.2 cm³/mol. The number of nitrogens with two attached hydrogens (primary N) is 1. The highest BCUT2D eigenvalue weighted by Gasteiger charge is 2.25. The highest BCUT2D eigenvalue weighted by molar-refractivity contribution is 5.95. The van der Waals surface area contributed by atoms with E-state index in [9.17, 15) is 9.59 Å². The molecule has 0 unspecified atom stereocenters. The quantitative estimate of drug-likeness (QED) is 0.848. The van der Waals surface area contributed by atoms with Gasteiger partial charge in [0.1, 0.15) is 0 Å². The third-order valence-electron chi connectivity index (χ3n) is 3.13. The Hall–Kier alpha value is -1.84. The van der Waals surface area contributed by atoms with Crippen molar-refractivity contribution in [3.8, 4) is 0 Å². The Morgan fingerprint density at radius 2 is 1.83 bits per heavy atom. The average Bonchev–Trinajstić information content (AvgIpc) is 2.29. The first kappa shape index (κ1) is 14.2. The Balaban J connectivity index is 2.72. The summed E-state index contributed by atoms with van der Waals surface area (Å²) in [5.74, 6) is -0.615. The molecule has 1 aromatic carbocycles. The van der Waals surface area contributed by atoms with E-state index in [2.05, 4.69) is 5.32 Å². The zero-order chi connectivity index (χ0) is 13.9. The molecule has 0 fully saturated rings. The van der Waals surface area contributed by atoms with Gasteiger partial charge in [0.15, 0.2) is 0 Å². The van der Waals surface area contributed by atoms with Gasteiger partial charge in [0.25, 0.3) is 5.91 Å². The van der Waals surface area contributed by atoms with Gasteiger partial charge >= 0.3 is 0 Å². The lowest BCUT2D eigenvalue weighted by molar-refractivity contribution is -0.125. The standard InChI is InChI=1S/C14H20N2O2/c1-9-5-6-11(7-10(9)2)12(17)16-8-14(3,4)13(15)18/h5-7H,8H2,1-4H3,(H2,15,18)(H,16,17). The number of carbonyl (C=O) groups excluding carboxylic acids is 2. The molecule has 0 bridgehead atoms. The number of amides is 2. The molecular formula is C14H20N2O2. The van der Waals surface area contributed by atoms with Crippen LogP contribution in [0, 0.1) is 19.3 Å². The van der Waals surface area contributed by atoms with Crippen molar-refractivity contribution in [3.05, 3.63) is 34.9 Å². The SMILES string of the molecule is Cc1ccc(C(=O)NCC(C)(C)C(N)=O)cc1C. The minimum Gasteiger partial charge on any atom is -0.369 e. The van der Waals surface area contributed by atoms with E-state index in [1.807, 2.05) is 26.0 Å². The topological polar surface area (TPSA) is 72.2 Å². The molecule has 1 aromatic rings. The molecule has 1 rings (SSSR count). The monoisotopic (exact) mass is 248 g/mol. The van der Waals surface area contributed by atoms with Crippen molar-refractivity contribution < 1.29 is 9.59 Å². The van der Waals surface area contributed by atoms with Gasteiger partial charge in [0.05, 0.1) is 5.41 Å². The summed E-state index contributed by atoms with van der Waals surface area (Å²) < 4.78 is 0. The first-order valence-electron chi connectivity index (χ1n) is 5.89. The Morgan fingerprint density at radius 3 is 2.33 bits per heavy atom. The number of benzene rings is 1. The van der Waals surface area contributed by atoms with Crippen LogP contribution in [0.25, 0.3) is 0 Å². The highest BCUT2D eigenvalue weighted by atomic mass is 16.2. The molecule has 0 heterocycles. The molecule has 0 saturated heterocycles. The Morgan fingerprint density at radius 1 is 1.22 bits per heavy atom. The van der Waals surface area contributed by atoms with Gasteiger partial charge in [-0.25, -0.2) is 0 Å². The minimum atomic E-state index is -0.741. The summed E-state index contributed by atoms with van der Waals surface area (Å²) in [6.07, 6.45) is 0. The van der Waals surface area contributed by atoms with Crippen molar-refractivity contribution in [2.24, 2.45) is 11.1 Å². The molecule has 0 saturated carbocycles. The summed E-state index contributed by atoms with van der Waals surface area (Å²) in [6.45, 7) is 7.59. The average molecular weight is 248 g/mol. The first-order valence-corrected chi connectivity index (χ1v) is 5.89. The summed E-state index contributed by atoms with van der Waals surface area (Å²) in [6, 6.07) is 5.51. The molecule has 0 aliphatic heterocycles. The van der Waals surface area contributed by atoms with E-state index in [-0.39, 0.29) is 12.5 Å². The van der Waals surface area contributed by atoms with Gasteiger partial charge in [0, 0.05) is 12.1 Å². The summed E-state index contributed by atoms with van der Waals surface area (Å²) in [5, 5.41) is 2.73.